The van der Waals surface area contributed by atoms with Crippen molar-refractivity contribution in [2.45, 2.75) is 32.2 Å². The van der Waals surface area contributed by atoms with Gasteiger partial charge in [0.15, 0.2) is 11.7 Å². The molecule has 5 nitrogen and oxygen atoms in total. The smallest absolute Gasteiger partial charge is 0.220 e. The number of amides is 1. The van der Waals surface area contributed by atoms with Crippen LogP contribution in [0.15, 0.2) is 89.3 Å². The van der Waals surface area contributed by atoms with E-state index in [4.69, 9.17) is 14.1 Å². The highest BCUT2D eigenvalue weighted by Gasteiger charge is 2.18. The van der Waals surface area contributed by atoms with E-state index >= 15 is 0 Å². The number of ether oxygens (including phenoxy) is 1. The number of carbonyl (C=O) groups is 1. The highest BCUT2D eigenvalue weighted by Crippen LogP contribution is 2.33. The molecule has 4 rings (SSSR count). The van der Waals surface area contributed by atoms with Gasteiger partial charge in [-0.3, -0.25) is 4.79 Å². The number of aryl methyl sites for hydroxylation is 1. The fraction of sp³-hybridized carbons (Fsp3) is 0.214. The predicted molar refractivity (Wildman–Crippen MR) is 130 cm³/mol. The lowest BCUT2D eigenvalue weighted by Gasteiger charge is -2.17. The molecular formula is C28H28N2O3. The van der Waals surface area contributed by atoms with Crippen molar-refractivity contribution >= 4 is 5.91 Å². The zero-order valence-electron chi connectivity index (χ0n) is 19.0. The lowest BCUT2D eigenvalue weighted by Crippen LogP contribution is -2.28. The summed E-state index contributed by atoms with van der Waals surface area (Å²) >= 11 is 0. The van der Waals surface area contributed by atoms with Gasteiger partial charge in [0.05, 0.1) is 13.2 Å². The van der Waals surface area contributed by atoms with Crippen molar-refractivity contribution in [1.82, 2.24) is 10.3 Å². The van der Waals surface area contributed by atoms with E-state index in [1.807, 2.05) is 84.9 Å². The van der Waals surface area contributed by atoms with Crippen molar-refractivity contribution < 1.29 is 13.9 Å². The van der Waals surface area contributed by atoms with Gasteiger partial charge < -0.3 is 14.5 Å². The topological polar surface area (TPSA) is 64.4 Å². The Morgan fingerprint density at radius 3 is 2.18 bits per heavy atom. The number of nitrogens with one attached hydrogen (secondary N) is 1. The average molecular weight is 441 g/mol. The van der Waals surface area contributed by atoms with Crippen LogP contribution in [0.25, 0.3) is 22.6 Å². The van der Waals surface area contributed by atoms with Crippen molar-refractivity contribution in [3.05, 3.63) is 96.4 Å². The van der Waals surface area contributed by atoms with Gasteiger partial charge in [0, 0.05) is 24.0 Å². The molecule has 0 saturated heterocycles. The van der Waals surface area contributed by atoms with Crippen molar-refractivity contribution in [3.8, 4) is 28.3 Å². The third kappa shape index (κ3) is 5.50. The molecule has 0 saturated carbocycles. The quantitative estimate of drug-likeness (QED) is 0.336. The Morgan fingerprint density at radius 1 is 0.939 bits per heavy atom. The van der Waals surface area contributed by atoms with E-state index in [1.54, 1.807) is 7.11 Å². The molecule has 5 heteroatoms. The van der Waals surface area contributed by atoms with Gasteiger partial charge in [-0.2, -0.15) is 0 Å². The highest BCUT2D eigenvalue weighted by molar-refractivity contribution is 5.78. The van der Waals surface area contributed by atoms with Crippen LogP contribution in [0.5, 0.6) is 5.75 Å². The lowest BCUT2D eigenvalue weighted by atomic mass is 10.0. The van der Waals surface area contributed by atoms with E-state index in [0.717, 1.165) is 40.3 Å². The lowest BCUT2D eigenvalue weighted by molar-refractivity contribution is -0.121. The Balaban J connectivity index is 1.47. The van der Waals surface area contributed by atoms with Crippen molar-refractivity contribution in [1.29, 1.82) is 0 Å². The number of hydrogen-bond donors (Lipinski definition) is 1. The van der Waals surface area contributed by atoms with E-state index in [-0.39, 0.29) is 11.9 Å². The fourth-order valence-corrected chi connectivity index (χ4v) is 3.79. The van der Waals surface area contributed by atoms with Crippen LogP contribution in [-0.2, 0) is 11.2 Å². The molecule has 1 N–H and O–H groups in total. The van der Waals surface area contributed by atoms with Crippen LogP contribution in [0, 0.1) is 0 Å². The summed E-state index contributed by atoms with van der Waals surface area (Å²) < 4.78 is 11.4. The Hall–Kier alpha value is -3.86. The first-order valence-electron chi connectivity index (χ1n) is 11.2. The summed E-state index contributed by atoms with van der Waals surface area (Å²) in [5.74, 6) is 2.05. The molecule has 1 amide bonds. The minimum absolute atomic E-state index is 0.0293. The van der Waals surface area contributed by atoms with Gasteiger partial charge in [0.2, 0.25) is 5.91 Å². The summed E-state index contributed by atoms with van der Waals surface area (Å²) in [5, 5.41) is 3.13. The minimum Gasteiger partial charge on any atom is -0.497 e. The molecule has 0 aliphatic carbocycles. The molecule has 0 bridgehead atoms. The van der Waals surface area contributed by atoms with Crippen LogP contribution >= 0.6 is 0 Å². The summed E-state index contributed by atoms with van der Waals surface area (Å²) in [4.78, 5) is 17.5. The average Bonchev–Trinajstić information content (AvgIpc) is 3.31. The molecule has 1 aromatic heterocycles. The summed E-state index contributed by atoms with van der Waals surface area (Å²) in [6.07, 6.45) is 1.53. The Labute approximate surface area is 194 Å². The van der Waals surface area contributed by atoms with Gasteiger partial charge in [0.1, 0.15) is 11.4 Å². The molecule has 33 heavy (non-hydrogen) atoms. The highest BCUT2D eigenvalue weighted by atomic mass is 16.5. The van der Waals surface area contributed by atoms with E-state index < -0.39 is 0 Å². The maximum atomic E-state index is 12.7. The molecule has 1 atom stereocenters. The minimum atomic E-state index is -0.0484. The maximum absolute atomic E-state index is 12.7. The first-order valence-corrected chi connectivity index (χ1v) is 11.2. The fourth-order valence-electron chi connectivity index (χ4n) is 3.79. The predicted octanol–water partition coefficient (Wildman–Crippen LogP) is 6.22. The zero-order valence-corrected chi connectivity index (χ0v) is 19.0. The summed E-state index contributed by atoms with van der Waals surface area (Å²) in [6, 6.07) is 27.6. The summed E-state index contributed by atoms with van der Waals surface area (Å²) in [5.41, 5.74) is 3.80. The molecule has 3 aromatic carbocycles. The van der Waals surface area contributed by atoms with Gasteiger partial charge >= 0.3 is 0 Å². The normalized spacial score (nSPS) is 11.7. The largest absolute Gasteiger partial charge is 0.497 e. The molecule has 4 aromatic rings. The van der Waals surface area contributed by atoms with Crippen LogP contribution < -0.4 is 10.1 Å². The number of hydrogen-bond acceptors (Lipinski definition) is 4. The molecule has 168 valence electrons. The van der Waals surface area contributed by atoms with Crippen LogP contribution in [-0.4, -0.2) is 18.0 Å². The maximum Gasteiger partial charge on any atom is 0.220 e. The van der Waals surface area contributed by atoms with Gasteiger partial charge in [-0.15, -0.1) is 0 Å². The molecule has 0 aliphatic rings. The third-order valence-electron chi connectivity index (χ3n) is 5.58. The SMILES string of the molecule is CC[C@H](NC(=O)CCc1nc(-c2ccccc2)c(-c2ccccc2)o1)c1ccc(OC)cc1. The second-order valence-electron chi connectivity index (χ2n) is 7.82. The van der Waals surface area contributed by atoms with Crippen LogP contribution in [0.2, 0.25) is 0 Å². The van der Waals surface area contributed by atoms with Gasteiger partial charge in [-0.1, -0.05) is 79.7 Å². The van der Waals surface area contributed by atoms with E-state index in [9.17, 15) is 4.79 Å². The number of benzene rings is 3. The van der Waals surface area contributed by atoms with E-state index in [0.29, 0.717) is 18.7 Å². The number of oxazole rings is 1. The number of carbonyl (C=O) groups excluding carboxylic acids is 1. The summed E-state index contributed by atoms with van der Waals surface area (Å²) in [6.45, 7) is 2.06. The Bertz CT molecular complexity index is 1110. The number of aromatic nitrogens is 1. The van der Waals surface area contributed by atoms with Crippen molar-refractivity contribution in [3.63, 3.8) is 0 Å². The molecule has 0 unspecified atom stereocenters. The van der Waals surface area contributed by atoms with E-state index in [2.05, 4.69) is 12.2 Å². The van der Waals surface area contributed by atoms with E-state index in [1.165, 1.54) is 0 Å². The molecular weight excluding hydrogens is 412 g/mol. The Kier molecular flexibility index (Phi) is 7.20. The monoisotopic (exact) mass is 440 g/mol. The molecule has 1 heterocycles. The van der Waals surface area contributed by atoms with Gasteiger partial charge in [-0.25, -0.2) is 4.98 Å². The third-order valence-corrected chi connectivity index (χ3v) is 5.58. The molecule has 0 spiro atoms. The second-order valence-corrected chi connectivity index (χ2v) is 7.82. The molecule has 0 radical (unpaired) electrons. The molecule has 0 fully saturated rings. The first-order chi connectivity index (χ1) is 16.2. The number of nitrogens with zero attached hydrogens (tertiary/aromatic N) is 1. The zero-order chi connectivity index (χ0) is 23.0. The van der Waals surface area contributed by atoms with Crippen molar-refractivity contribution in [2.24, 2.45) is 0 Å². The first kappa shape index (κ1) is 22.3. The standard InChI is InChI=1S/C28H28N2O3/c1-3-24(20-14-16-23(32-2)17-15-20)29-25(31)18-19-26-30-27(21-10-6-4-7-11-21)28(33-26)22-12-8-5-9-13-22/h4-17,24H,3,18-19H2,1-2H3,(H,29,31)/t24-/m0/s1. The number of methoxy groups -OCH3 is 1. The van der Waals surface area contributed by atoms with Crippen LogP contribution in [0.4, 0.5) is 0 Å². The summed E-state index contributed by atoms with van der Waals surface area (Å²) in [7, 11) is 1.64. The van der Waals surface area contributed by atoms with Crippen molar-refractivity contribution in [2.75, 3.05) is 7.11 Å². The second kappa shape index (κ2) is 10.6. The molecule has 0 aliphatic heterocycles. The number of rotatable bonds is 9. The van der Waals surface area contributed by atoms with Crippen LogP contribution in [0.3, 0.4) is 0 Å². The van der Waals surface area contributed by atoms with Crippen LogP contribution in [0.1, 0.15) is 37.3 Å². The van der Waals surface area contributed by atoms with Gasteiger partial charge in [0.25, 0.3) is 0 Å². The Morgan fingerprint density at radius 2 is 1.58 bits per heavy atom. The van der Waals surface area contributed by atoms with Gasteiger partial charge in [-0.05, 0) is 24.1 Å².